The molecule has 148 valence electrons. The van der Waals surface area contributed by atoms with E-state index in [9.17, 15) is 0 Å². The van der Waals surface area contributed by atoms with Crippen molar-refractivity contribution in [3.63, 3.8) is 0 Å². The average Bonchev–Trinajstić information content (AvgIpc) is 3.34. The normalized spacial score (nSPS) is 15.3. The summed E-state index contributed by atoms with van der Waals surface area (Å²) in [5, 5.41) is 22.2. The third kappa shape index (κ3) is 2.83. The maximum absolute atomic E-state index is 9.14. The average molecular weight is 396 g/mol. The number of pyridine rings is 1. The lowest BCUT2D eigenvalue weighted by Crippen LogP contribution is -2.23. The smallest absolute Gasteiger partial charge is 0.142 e. The highest BCUT2D eigenvalue weighted by atomic mass is 15.3. The molecule has 8 heteroatoms. The molecule has 4 heterocycles. The van der Waals surface area contributed by atoms with Gasteiger partial charge in [-0.25, -0.2) is 4.98 Å². The van der Waals surface area contributed by atoms with E-state index in [2.05, 4.69) is 60.9 Å². The van der Waals surface area contributed by atoms with Gasteiger partial charge in [-0.05, 0) is 36.8 Å². The van der Waals surface area contributed by atoms with Gasteiger partial charge in [-0.15, -0.1) is 10.2 Å². The molecule has 0 spiro atoms. The lowest BCUT2D eigenvalue weighted by Gasteiger charge is -2.26. The fourth-order valence-electron chi connectivity index (χ4n) is 3.96. The van der Waals surface area contributed by atoms with Crippen molar-refractivity contribution < 1.29 is 0 Å². The van der Waals surface area contributed by atoms with Crippen molar-refractivity contribution in [1.82, 2.24) is 29.5 Å². The Morgan fingerprint density at radius 3 is 2.63 bits per heavy atom. The SMILES string of the molecule is Cc1nnc2n1-c1ccc(-c3cnn(C)c3)cc1N(c1ccc(C#N)cn1)C[C@H]2C. The standard InChI is InChI=1S/C22H20N8/c1-14-12-29(21-7-4-16(9-23)10-24-21)20-8-17(18-11-25-28(3)13-18)5-6-19(20)30-15(2)26-27-22(14)30/h4-8,10-11,13-14H,12H2,1-3H3/t14-/m1/s1. The van der Waals surface area contributed by atoms with Crippen LogP contribution in [0.5, 0.6) is 0 Å². The Balaban J connectivity index is 1.73. The molecule has 0 saturated carbocycles. The number of aryl methyl sites for hydroxylation is 2. The largest absolute Gasteiger partial charge is 0.324 e. The topological polar surface area (TPSA) is 88.5 Å². The van der Waals surface area contributed by atoms with Gasteiger partial charge < -0.3 is 4.90 Å². The zero-order valence-electron chi connectivity index (χ0n) is 17.0. The molecule has 1 aliphatic heterocycles. The molecule has 30 heavy (non-hydrogen) atoms. The lowest BCUT2D eigenvalue weighted by molar-refractivity contribution is 0.693. The molecule has 0 N–H and O–H groups in total. The predicted octanol–water partition coefficient (Wildman–Crippen LogP) is 3.50. The fourth-order valence-corrected chi connectivity index (χ4v) is 3.96. The Morgan fingerprint density at radius 2 is 1.93 bits per heavy atom. The molecule has 1 aromatic carbocycles. The van der Waals surface area contributed by atoms with Crippen LogP contribution < -0.4 is 4.90 Å². The van der Waals surface area contributed by atoms with Crippen molar-refractivity contribution in [3.8, 4) is 22.9 Å². The van der Waals surface area contributed by atoms with Crippen molar-refractivity contribution in [2.45, 2.75) is 19.8 Å². The number of nitrogens with zero attached hydrogens (tertiary/aromatic N) is 8. The molecule has 1 atom stereocenters. The molecule has 1 aliphatic rings. The van der Waals surface area contributed by atoms with Crippen LogP contribution in [-0.2, 0) is 7.05 Å². The van der Waals surface area contributed by atoms with Gasteiger partial charge in [0.25, 0.3) is 0 Å². The predicted molar refractivity (Wildman–Crippen MR) is 113 cm³/mol. The molecule has 8 nitrogen and oxygen atoms in total. The number of benzene rings is 1. The molecular formula is C22H20N8. The van der Waals surface area contributed by atoms with Gasteiger partial charge in [-0.3, -0.25) is 9.25 Å². The molecule has 4 aromatic rings. The first-order chi connectivity index (χ1) is 14.5. The first-order valence-corrected chi connectivity index (χ1v) is 9.74. The van der Waals surface area contributed by atoms with E-state index in [1.54, 1.807) is 16.9 Å². The minimum Gasteiger partial charge on any atom is -0.324 e. The molecule has 3 aromatic heterocycles. The number of nitriles is 1. The number of aromatic nitrogens is 6. The number of hydrogen-bond donors (Lipinski definition) is 0. The first kappa shape index (κ1) is 18.1. The molecule has 0 saturated heterocycles. The van der Waals surface area contributed by atoms with E-state index in [1.807, 2.05) is 32.4 Å². The van der Waals surface area contributed by atoms with Crippen LogP contribution in [0.2, 0.25) is 0 Å². The van der Waals surface area contributed by atoms with E-state index in [4.69, 9.17) is 5.26 Å². The molecule has 5 rings (SSSR count). The van der Waals surface area contributed by atoms with Gasteiger partial charge in [0.15, 0.2) is 0 Å². The van der Waals surface area contributed by atoms with E-state index >= 15 is 0 Å². The number of fused-ring (bicyclic) bond motifs is 3. The van der Waals surface area contributed by atoms with Crippen molar-refractivity contribution in [2.75, 3.05) is 11.4 Å². The molecule has 0 aliphatic carbocycles. The summed E-state index contributed by atoms with van der Waals surface area (Å²) in [6, 6.07) is 12.2. The van der Waals surface area contributed by atoms with Crippen LogP contribution in [0.15, 0.2) is 48.9 Å². The summed E-state index contributed by atoms with van der Waals surface area (Å²) >= 11 is 0. The Labute approximate surface area is 174 Å². The second kappa shape index (κ2) is 6.81. The zero-order valence-corrected chi connectivity index (χ0v) is 17.0. The third-order valence-corrected chi connectivity index (χ3v) is 5.45. The van der Waals surface area contributed by atoms with E-state index in [1.165, 1.54) is 0 Å². The summed E-state index contributed by atoms with van der Waals surface area (Å²) in [6.07, 6.45) is 5.47. The fraction of sp³-hybridized carbons (Fsp3) is 0.227. The van der Waals surface area contributed by atoms with Gasteiger partial charge in [0.1, 0.15) is 23.5 Å². The second-order valence-corrected chi connectivity index (χ2v) is 7.58. The molecule has 0 bridgehead atoms. The Kier molecular flexibility index (Phi) is 4.10. The summed E-state index contributed by atoms with van der Waals surface area (Å²) in [4.78, 5) is 6.76. The minimum atomic E-state index is 0.137. The molecule has 0 amide bonds. The Morgan fingerprint density at radius 1 is 1.07 bits per heavy atom. The van der Waals surface area contributed by atoms with Gasteiger partial charge in [0.2, 0.25) is 0 Å². The number of anilines is 2. The lowest BCUT2D eigenvalue weighted by atomic mass is 10.1. The Hall–Kier alpha value is -3.99. The third-order valence-electron chi connectivity index (χ3n) is 5.45. The van der Waals surface area contributed by atoms with Crippen molar-refractivity contribution >= 4 is 11.5 Å². The Bertz CT molecular complexity index is 1280. The van der Waals surface area contributed by atoms with Crippen LogP contribution in [0.3, 0.4) is 0 Å². The summed E-state index contributed by atoms with van der Waals surface area (Å²) in [5.74, 6) is 2.71. The molecule has 0 unspecified atom stereocenters. The summed E-state index contributed by atoms with van der Waals surface area (Å²) in [5.41, 5.74) is 4.69. The van der Waals surface area contributed by atoms with Gasteiger partial charge in [0, 0.05) is 37.5 Å². The van der Waals surface area contributed by atoms with E-state index in [-0.39, 0.29) is 5.92 Å². The quantitative estimate of drug-likeness (QED) is 0.515. The molecule has 0 radical (unpaired) electrons. The first-order valence-electron chi connectivity index (χ1n) is 9.74. The highest BCUT2D eigenvalue weighted by Crippen LogP contribution is 2.39. The van der Waals surface area contributed by atoms with Gasteiger partial charge in [0.05, 0.1) is 23.1 Å². The van der Waals surface area contributed by atoms with Gasteiger partial charge in [-0.1, -0.05) is 13.0 Å². The van der Waals surface area contributed by atoms with Crippen molar-refractivity contribution in [3.05, 3.63) is 66.1 Å². The molecular weight excluding hydrogens is 376 g/mol. The summed E-state index contributed by atoms with van der Waals surface area (Å²) in [7, 11) is 1.91. The van der Waals surface area contributed by atoms with E-state index in [0.717, 1.165) is 40.0 Å². The van der Waals surface area contributed by atoms with Crippen LogP contribution in [0.25, 0.3) is 16.8 Å². The summed E-state index contributed by atoms with van der Waals surface area (Å²) < 4.78 is 3.92. The van der Waals surface area contributed by atoms with Crippen LogP contribution >= 0.6 is 0 Å². The van der Waals surface area contributed by atoms with E-state index in [0.29, 0.717) is 12.1 Å². The van der Waals surface area contributed by atoms with Crippen LogP contribution in [-0.4, -0.2) is 36.1 Å². The highest BCUT2D eigenvalue weighted by molar-refractivity contribution is 5.78. The van der Waals surface area contributed by atoms with Gasteiger partial charge >= 0.3 is 0 Å². The van der Waals surface area contributed by atoms with Crippen molar-refractivity contribution in [2.24, 2.45) is 7.05 Å². The number of rotatable bonds is 2. The van der Waals surface area contributed by atoms with Crippen molar-refractivity contribution in [1.29, 1.82) is 5.26 Å². The van der Waals surface area contributed by atoms with Gasteiger partial charge in [-0.2, -0.15) is 10.4 Å². The zero-order chi connectivity index (χ0) is 20.8. The monoisotopic (exact) mass is 396 g/mol. The molecule has 0 fully saturated rings. The summed E-state index contributed by atoms with van der Waals surface area (Å²) in [6.45, 7) is 4.81. The van der Waals surface area contributed by atoms with E-state index < -0.39 is 0 Å². The van der Waals surface area contributed by atoms with Crippen LogP contribution in [0.4, 0.5) is 11.5 Å². The maximum Gasteiger partial charge on any atom is 0.142 e. The minimum absolute atomic E-state index is 0.137. The number of hydrogen-bond acceptors (Lipinski definition) is 6. The highest BCUT2D eigenvalue weighted by Gasteiger charge is 2.29. The van der Waals surface area contributed by atoms with Crippen LogP contribution in [0.1, 0.15) is 30.1 Å². The van der Waals surface area contributed by atoms with Crippen LogP contribution in [0, 0.1) is 18.3 Å². The maximum atomic E-state index is 9.14. The second-order valence-electron chi connectivity index (χ2n) is 7.58.